The Hall–Kier alpha value is -2.97. The van der Waals surface area contributed by atoms with Crippen molar-refractivity contribution in [2.24, 2.45) is 23.7 Å². The fourth-order valence-electron chi connectivity index (χ4n) is 4.96. The van der Waals surface area contributed by atoms with Crippen LogP contribution in [0.15, 0.2) is 24.4 Å². The van der Waals surface area contributed by atoms with E-state index in [4.69, 9.17) is 0 Å². The molecule has 0 radical (unpaired) electrons. The molecule has 158 valence electrons. The molecule has 0 spiro atoms. The quantitative estimate of drug-likeness (QED) is 0.757. The molecule has 5 rings (SSSR count). The summed E-state index contributed by atoms with van der Waals surface area (Å²) in [6, 6.07) is 3.68. The van der Waals surface area contributed by atoms with Crippen molar-refractivity contribution >= 4 is 11.6 Å². The molecule has 2 N–H and O–H groups in total. The summed E-state index contributed by atoms with van der Waals surface area (Å²) in [5.74, 6) is 2.10. The lowest BCUT2D eigenvalue weighted by Crippen LogP contribution is -2.42. The maximum absolute atomic E-state index is 15.1. The number of nitrogens with zero attached hydrogens (tertiary/aromatic N) is 5. The molecule has 9 heteroatoms. The van der Waals surface area contributed by atoms with Gasteiger partial charge in [-0.2, -0.15) is 5.21 Å². The highest BCUT2D eigenvalue weighted by Gasteiger charge is 2.56. The number of carbonyl (C=O) groups excluding carboxylic acids is 1. The summed E-state index contributed by atoms with van der Waals surface area (Å²) >= 11 is 0. The number of tetrazole rings is 1. The zero-order valence-corrected chi connectivity index (χ0v) is 17.2. The number of amides is 1. The molecule has 1 saturated carbocycles. The van der Waals surface area contributed by atoms with Crippen LogP contribution in [0.2, 0.25) is 0 Å². The summed E-state index contributed by atoms with van der Waals surface area (Å²) in [6.45, 7) is 6.83. The van der Waals surface area contributed by atoms with Gasteiger partial charge in [-0.1, -0.05) is 19.9 Å². The molecule has 8 nitrogen and oxygen atoms in total. The van der Waals surface area contributed by atoms with Crippen LogP contribution >= 0.6 is 0 Å². The Kier molecular flexibility index (Phi) is 4.67. The number of rotatable bonds is 6. The van der Waals surface area contributed by atoms with Crippen LogP contribution in [-0.4, -0.2) is 51.2 Å². The number of fused-ring (bicyclic) bond motifs is 1. The number of H-pyrrole nitrogens is 1. The summed E-state index contributed by atoms with van der Waals surface area (Å²) in [7, 11) is 0. The van der Waals surface area contributed by atoms with Gasteiger partial charge >= 0.3 is 0 Å². The molecule has 3 atom stereocenters. The number of piperidine rings is 1. The number of nitrogens with one attached hydrogen (secondary N) is 2. The first-order chi connectivity index (χ1) is 14.5. The van der Waals surface area contributed by atoms with E-state index in [9.17, 15) is 4.79 Å². The van der Waals surface area contributed by atoms with Crippen LogP contribution in [0.1, 0.15) is 25.8 Å². The predicted molar refractivity (Wildman–Crippen MR) is 109 cm³/mol. The molecule has 2 aliphatic heterocycles. The third kappa shape index (κ3) is 3.53. The Labute approximate surface area is 174 Å². The molecule has 1 aliphatic carbocycles. The number of hydrogen-bond donors (Lipinski definition) is 2. The molecule has 3 heterocycles. The van der Waals surface area contributed by atoms with E-state index in [1.807, 2.05) is 17.3 Å². The van der Waals surface area contributed by atoms with Crippen LogP contribution in [0.5, 0.6) is 0 Å². The average Bonchev–Trinajstić information content (AvgIpc) is 3.11. The van der Waals surface area contributed by atoms with E-state index in [0.717, 1.165) is 37.3 Å². The van der Waals surface area contributed by atoms with Gasteiger partial charge < -0.3 is 4.90 Å². The van der Waals surface area contributed by atoms with Crippen molar-refractivity contribution in [2.75, 3.05) is 24.5 Å². The predicted octanol–water partition coefficient (Wildman–Crippen LogP) is 2.14. The number of halogens is 1. The minimum absolute atomic E-state index is 0.0344. The van der Waals surface area contributed by atoms with Crippen molar-refractivity contribution in [1.29, 1.82) is 0 Å². The number of carbonyl (C=O) groups is 1. The van der Waals surface area contributed by atoms with Gasteiger partial charge in [0.1, 0.15) is 5.82 Å². The summed E-state index contributed by atoms with van der Waals surface area (Å²) in [5, 5.41) is 16.0. The maximum atomic E-state index is 15.1. The molecule has 0 bridgehead atoms. The van der Waals surface area contributed by atoms with E-state index in [1.165, 1.54) is 0 Å². The van der Waals surface area contributed by atoms with Gasteiger partial charge in [-0.25, -0.2) is 4.39 Å². The summed E-state index contributed by atoms with van der Waals surface area (Å²) < 4.78 is 15.1. The van der Waals surface area contributed by atoms with Crippen molar-refractivity contribution in [1.82, 2.24) is 31.1 Å². The Morgan fingerprint density at radius 3 is 2.73 bits per heavy atom. The summed E-state index contributed by atoms with van der Waals surface area (Å²) in [5.41, 5.74) is 5.16. The third-order valence-corrected chi connectivity index (χ3v) is 6.32. The van der Waals surface area contributed by atoms with Crippen molar-refractivity contribution in [3.05, 3.63) is 35.8 Å². The Morgan fingerprint density at radius 2 is 2.07 bits per heavy atom. The third-order valence-electron chi connectivity index (χ3n) is 6.32. The van der Waals surface area contributed by atoms with E-state index in [0.29, 0.717) is 35.7 Å². The molecule has 1 unspecified atom stereocenters. The van der Waals surface area contributed by atoms with Crippen LogP contribution in [0, 0.1) is 29.5 Å². The first kappa shape index (κ1) is 19.0. The summed E-state index contributed by atoms with van der Waals surface area (Å²) in [4.78, 5) is 13.8. The Balaban J connectivity index is 1.35. The highest BCUT2D eigenvalue weighted by atomic mass is 19.1. The smallest absolute Gasteiger partial charge is 0.242 e. The molecule has 3 aliphatic rings. The highest BCUT2D eigenvalue weighted by molar-refractivity contribution is 5.78. The second-order valence-electron chi connectivity index (χ2n) is 8.98. The fourth-order valence-corrected chi connectivity index (χ4v) is 4.96. The first-order valence-corrected chi connectivity index (χ1v) is 10.5. The number of anilines is 1. The SMILES string of the molecule is CC(C)Cc1cc(F)c(-c2nn[nH]n2)c(N2C[C@@H]3C(CN4C=CCC(=O)N4)[C@@H]3C2)c1. The van der Waals surface area contributed by atoms with Gasteiger partial charge in [-0.3, -0.25) is 15.2 Å². The topological polar surface area (TPSA) is 90.0 Å². The van der Waals surface area contributed by atoms with Gasteiger partial charge in [0.15, 0.2) is 0 Å². The zero-order chi connectivity index (χ0) is 20.8. The number of benzene rings is 1. The van der Waals surface area contributed by atoms with E-state index in [1.54, 1.807) is 6.07 Å². The minimum atomic E-state index is -0.303. The molecule has 30 heavy (non-hydrogen) atoms. The monoisotopic (exact) mass is 411 g/mol. The lowest BCUT2D eigenvalue weighted by atomic mass is 9.99. The molecule has 1 aromatic heterocycles. The van der Waals surface area contributed by atoms with Crippen LogP contribution in [0.4, 0.5) is 10.1 Å². The standard InChI is InChI=1S/C21H26FN7O/c1-12(2)6-13-7-17(22)20(21-23-26-27-24-21)18(8-13)28-9-14-15(10-28)16(14)11-29-5-3-4-19(30)25-29/h3,5,7-8,12,14-16H,4,6,9-11H2,1-2H3,(H,25,30)(H,23,24,26,27)/t14-,15+,16?. The van der Waals surface area contributed by atoms with Crippen molar-refractivity contribution in [2.45, 2.75) is 26.7 Å². The van der Waals surface area contributed by atoms with Crippen molar-refractivity contribution < 1.29 is 9.18 Å². The number of aromatic nitrogens is 4. The largest absolute Gasteiger partial charge is 0.370 e. The molecular weight excluding hydrogens is 385 g/mol. The van der Waals surface area contributed by atoms with Gasteiger partial charge in [0.05, 0.1) is 11.3 Å². The molecule has 1 saturated heterocycles. The second-order valence-corrected chi connectivity index (χ2v) is 8.98. The Bertz CT molecular complexity index is 962. The lowest BCUT2D eigenvalue weighted by molar-refractivity contribution is -0.124. The average molecular weight is 411 g/mol. The van der Waals surface area contributed by atoms with Gasteiger partial charge in [0.2, 0.25) is 11.7 Å². The summed E-state index contributed by atoms with van der Waals surface area (Å²) in [6.07, 6.45) is 5.11. The maximum Gasteiger partial charge on any atom is 0.242 e. The number of aromatic amines is 1. The van der Waals surface area contributed by atoms with Gasteiger partial charge in [0.25, 0.3) is 0 Å². The van der Waals surface area contributed by atoms with Crippen molar-refractivity contribution in [3.8, 4) is 11.4 Å². The van der Waals surface area contributed by atoms with Gasteiger partial charge in [-0.05, 0) is 53.0 Å². The van der Waals surface area contributed by atoms with Crippen LogP contribution in [0.3, 0.4) is 0 Å². The van der Waals surface area contributed by atoms with E-state index < -0.39 is 0 Å². The minimum Gasteiger partial charge on any atom is -0.370 e. The molecule has 1 amide bonds. The molecule has 1 aromatic carbocycles. The normalized spacial score (nSPS) is 25.1. The zero-order valence-electron chi connectivity index (χ0n) is 17.2. The van der Waals surface area contributed by atoms with Crippen LogP contribution < -0.4 is 10.3 Å². The van der Waals surface area contributed by atoms with E-state index in [2.05, 4.69) is 50.9 Å². The first-order valence-electron chi connectivity index (χ1n) is 10.5. The van der Waals surface area contributed by atoms with Crippen LogP contribution in [0.25, 0.3) is 11.4 Å². The fraction of sp³-hybridized carbons (Fsp3) is 0.524. The molecule has 2 fully saturated rings. The number of hydrazine groups is 1. The van der Waals surface area contributed by atoms with Crippen LogP contribution in [-0.2, 0) is 11.2 Å². The number of hydrogen-bond acceptors (Lipinski definition) is 6. The van der Waals surface area contributed by atoms with Gasteiger partial charge in [-0.15, -0.1) is 10.2 Å². The lowest BCUT2D eigenvalue weighted by Gasteiger charge is -2.28. The second kappa shape index (κ2) is 7.37. The van der Waals surface area contributed by atoms with Crippen molar-refractivity contribution in [3.63, 3.8) is 0 Å². The Morgan fingerprint density at radius 1 is 1.27 bits per heavy atom. The van der Waals surface area contributed by atoms with E-state index in [-0.39, 0.29) is 17.5 Å². The highest BCUT2D eigenvalue weighted by Crippen LogP contribution is 2.53. The molecular formula is C21H26FN7O. The molecule has 2 aromatic rings. The van der Waals surface area contributed by atoms with E-state index >= 15 is 4.39 Å². The van der Waals surface area contributed by atoms with Gasteiger partial charge in [0, 0.05) is 32.3 Å².